The van der Waals surface area contributed by atoms with Gasteiger partial charge in [0.15, 0.2) is 6.61 Å². The van der Waals surface area contributed by atoms with Crippen LogP contribution in [0.2, 0.25) is 0 Å². The average molecular weight is 318 g/mol. The molecule has 0 aromatic rings. The molecular formula is C9H7F9O2. The van der Waals surface area contributed by atoms with Crippen LogP contribution in [0.25, 0.3) is 0 Å². The Kier molecular flexibility index (Phi) is 4.80. The molecule has 0 N–H and O–H groups in total. The average Bonchev–Trinajstić information content (AvgIpc) is 2.21. The van der Waals surface area contributed by atoms with E-state index < -0.39 is 42.1 Å². The molecule has 0 saturated carbocycles. The van der Waals surface area contributed by atoms with Crippen LogP contribution in [0, 0.1) is 0 Å². The zero-order valence-corrected chi connectivity index (χ0v) is 9.63. The van der Waals surface area contributed by atoms with Crippen LogP contribution in [0.1, 0.15) is 6.92 Å². The van der Waals surface area contributed by atoms with Gasteiger partial charge in [-0.1, -0.05) is 6.58 Å². The first-order valence-corrected chi connectivity index (χ1v) is 4.60. The first-order chi connectivity index (χ1) is 8.58. The highest BCUT2D eigenvalue weighted by atomic mass is 19.4. The number of alkyl halides is 9. The Hall–Kier alpha value is -1.42. The molecule has 0 heterocycles. The lowest BCUT2D eigenvalue weighted by molar-refractivity contribution is -0.399. The molecule has 0 unspecified atom stereocenters. The summed E-state index contributed by atoms with van der Waals surface area (Å²) < 4.78 is 115. The van der Waals surface area contributed by atoms with E-state index in [1.165, 1.54) is 0 Å². The van der Waals surface area contributed by atoms with Gasteiger partial charge in [0.25, 0.3) is 0 Å². The van der Waals surface area contributed by atoms with E-state index in [9.17, 15) is 44.3 Å². The lowest BCUT2D eigenvalue weighted by Gasteiger charge is -2.35. The Bertz CT molecular complexity index is 379. The molecule has 0 aliphatic heterocycles. The molecule has 2 nitrogen and oxygen atoms in total. The van der Waals surface area contributed by atoms with Gasteiger partial charge in [-0.25, -0.2) is 9.18 Å². The maximum Gasteiger partial charge on any atom is 0.437 e. The van der Waals surface area contributed by atoms with Crippen molar-refractivity contribution in [1.29, 1.82) is 0 Å². The standard InChI is InChI=1S/C9H7F9O2/c1-4(2)5(19)20-3-6(10,11)7(12,8(13,14)15)9(16,17)18/h1,3H2,2H3. The van der Waals surface area contributed by atoms with Crippen LogP contribution in [-0.2, 0) is 9.53 Å². The van der Waals surface area contributed by atoms with Gasteiger partial charge in [0, 0.05) is 5.57 Å². The Labute approximate surface area is 106 Å². The van der Waals surface area contributed by atoms with Crippen molar-refractivity contribution in [2.24, 2.45) is 0 Å². The highest BCUT2D eigenvalue weighted by molar-refractivity contribution is 5.86. The van der Waals surface area contributed by atoms with Gasteiger partial charge in [-0.15, -0.1) is 0 Å². The number of esters is 1. The van der Waals surface area contributed by atoms with Gasteiger partial charge in [0.1, 0.15) is 0 Å². The molecule has 0 rings (SSSR count). The Morgan fingerprint density at radius 1 is 0.950 bits per heavy atom. The Morgan fingerprint density at radius 2 is 1.30 bits per heavy atom. The van der Waals surface area contributed by atoms with E-state index in [2.05, 4.69) is 11.3 Å². The molecule has 0 radical (unpaired) electrons. The van der Waals surface area contributed by atoms with Crippen molar-refractivity contribution in [2.45, 2.75) is 30.9 Å². The summed E-state index contributed by atoms with van der Waals surface area (Å²) in [6.45, 7) is 1.02. The second-order valence-corrected chi connectivity index (χ2v) is 3.71. The molecule has 20 heavy (non-hydrogen) atoms. The quantitative estimate of drug-likeness (QED) is 0.450. The van der Waals surface area contributed by atoms with E-state index in [0.29, 0.717) is 0 Å². The molecule has 0 aromatic heterocycles. The van der Waals surface area contributed by atoms with Crippen molar-refractivity contribution >= 4 is 5.97 Å². The highest BCUT2D eigenvalue weighted by Gasteiger charge is 2.84. The summed E-state index contributed by atoms with van der Waals surface area (Å²) in [5, 5.41) is 0. The smallest absolute Gasteiger partial charge is 0.437 e. The van der Waals surface area contributed by atoms with Gasteiger partial charge in [-0.05, 0) is 6.92 Å². The molecule has 0 aromatic carbocycles. The topological polar surface area (TPSA) is 26.3 Å². The molecule has 0 spiro atoms. The van der Waals surface area contributed by atoms with E-state index in [1.54, 1.807) is 0 Å². The first-order valence-electron chi connectivity index (χ1n) is 4.60. The monoisotopic (exact) mass is 318 g/mol. The Morgan fingerprint density at radius 3 is 1.55 bits per heavy atom. The summed E-state index contributed by atoms with van der Waals surface area (Å²) in [5.41, 5.74) is -7.41. The number of carbonyl (C=O) groups is 1. The van der Waals surface area contributed by atoms with Gasteiger partial charge in [-0.2, -0.15) is 35.1 Å². The van der Waals surface area contributed by atoms with Crippen LogP contribution in [0.15, 0.2) is 12.2 Å². The second-order valence-electron chi connectivity index (χ2n) is 3.71. The van der Waals surface area contributed by atoms with Crippen LogP contribution < -0.4 is 0 Å². The van der Waals surface area contributed by atoms with Gasteiger partial charge in [0.2, 0.25) is 0 Å². The minimum atomic E-state index is -6.95. The summed E-state index contributed by atoms with van der Waals surface area (Å²) in [4.78, 5) is 10.7. The van der Waals surface area contributed by atoms with Gasteiger partial charge in [-0.3, -0.25) is 0 Å². The van der Waals surface area contributed by atoms with E-state index in [0.717, 1.165) is 6.92 Å². The lowest BCUT2D eigenvalue weighted by Crippen LogP contribution is -2.66. The zero-order valence-electron chi connectivity index (χ0n) is 9.63. The van der Waals surface area contributed by atoms with Crippen LogP contribution in [0.4, 0.5) is 39.5 Å². The summed E-state index contributed by atoms with van der Waals surface area (Å²) in [5.74, 6) is -7.74. The van der Waals surface area contributed by atoms with Crippen LogP contribution in [-0.4, -0.2) is 36.5 Å². The fraction of sp³-hybridized carbons (Fsp3) is 0.667. The third-order valence-corrected chi connectivity index (χ3v) is 2.02. The number of rotatable bonds is 4. The van der Waals surface area contributed by atoms with Crippen molar-refractivity contribution in [3.8, 4) is 0 Å². The van der Waals surface area contributed by atoms with Crippen LogP contribution in [0.5, 0.6) is 0 Å². The van der Waals surface area contributed by atoms with Crippen LogP contribution in [0.3, 0.4) is 0 Å². The fourth-order valence-electron chi connectivity index (χ4n) is 0.954. The summed E-state index contributed by atoms with van der Waals surface area (Å²) >= 11 is 0. The maximum atomic E-state index is 13.0. The van der Waals surface area contributed by atoms with Crippen molar-refractivity contribution < 1.29 is 49.0 Å². The molecule has 0 aliphatic carbocycles. The van der Waals surface area contributed by atoms with Gasteiger partial charge < -0.3 is 4.74 Å². The molecule has 0 fully saturated rings. The number of carbonyl (C=O) groups excluding carboxylic acids is 1. The molecule has 0 saturated heterocycles. The summed E-state index contributed by atoms with van der Waals surface area (Å²) in [7, 11) is 0. The predicted octanol–water partition coefficient (Wildman–Crippen LogP) is 3.57. The molecule has 11 heteroatoms. The SMILES string of the molecule is C=C(C)C(=O)OCC(F)(F)C(F)(C(F)(F)F)C(F)(F)F. The maximum absolute atomic E-state index is 13.0. The molecule has 0 aliphatic rings. The number of ether oxygens (including phenoxy) is 1. The predicted molar refractivity (Wildman–Crippen MR) is 46.7 cm³/mol. The fourth-order valence-corrected chi connectivity index (χ4v) is 0.954. The van der Waals surface area contributed by atoms with E-state index >= 15 is 0 Å². The second kappa shape index (κ2) is 5.17. The highest BCUT2D eigenvalue weighted by Crippen LogP contribution is 2.54. The summed E-state index contributed by atoms with van der Waals surface area (Å²) in [6.07, 6.45) is -13.9. The van der Waals surface area contributed by atoms with E-state index in [4.69, 9.17) is 0 Å². The Balaban J connectivity index is 5.49. The number of hydrogen-bond acceptors (Lipinski definition) is 2. The molecule has 118 valence electrons. The van der Waals surface area contributed by atoms with Crippen molar-refractivity contribution in [2.75, 3.05) is 6.61 Å². The van der Waals surface area contributed by atoms with Crippen molar-refractivity contribution in [1.82, 2.24) is 0 Å². The van der Waals surface area contributed by atoms with E-state index in [-0.39, 0.29) is 0 Å². The zero-order chi connectivity index (χ0) is 16.6. The minimum absolute atomic E-state index is 0.565. The van der Waals surface area contributed by atoms with Crippen molar-refractivity contribution in [3.05, 3.63) is 12.2 Å². The minimum Gasteiger partial charge on any atom is -0.456 e. The van der Waals surface area contributed by atoms with Gasteiger partial charge in [0.05, 0.1) is 0 Å². The molecule has 0 atom stereocenters. The largest absolute Gasteiger partial charge is 0.456 e. The van der Waals surface area contributed by atoms with Crippen LogP contribution >= 0.6 is 0 Å². The lowest BCUT2D eigenvalue weighted by atomic mass is 9.96. The number of halogens is 9. The first kappa shape index (κ1) is 18.6. The molecule has 0 amide bonds. The van der Waals surface area contributed by atoms with Crippen molar-refractivity contribution in [3.63, 3.8) is 0 Å². The third-order valence-electron chi connectivity index (χ3n) is 2.02. The number of hydrogen-bond donors (Lipinski definition) is 0. The van der Waals surface area contributed by atoms with Gasteiger partial charge >= 0.3 is 29.9 Å². The third kappa shape index (κ3) is 3.18. The van der Waals surface area contributed by atoms with E-state index in [1.807, 2.05) is 0 Å². The molecule has 0 bridgehead atoms. The normalized spacial score (nSPS) is 14.1. The summed E-state index contributed by atoms with van der Waals surface area (Å²) in [6, 6.07) is 0. The molecular weight excluding hydrogens is 311 g/mol.